The van der Waals surface area contributed by atoms with Gasteiger partial charge < -0.3 is 11.5 Å². The number of amides is 1. The minimum atomic E-state index is -0.510. The highest BCUT2D eigenvalue weighted by Gasteiger charge is 2.09. The molecule has 6 heteroatoms. The number of nitrogens with two attached hydrogens (primary N) is 2. The SMILES string of the molecule is NC(=O)c1ccc(Sc2cc(Cl)ccc2Cl)c(N)c1. The van der Waals surface area contributed by atoms with Gasteiger partial charge in [0, 0.05) is 26.1 Å². The van der Waals surface area contributed by atoms with Crippen molar-refractivity contribution >= 4 is 46.6 Å². The van der Waals surface area contributed by atoms with E-state index in [1.807, 2.05) is 0 Å². The molecule has 2 aromatic carbocycles. The summed E-state index contributed by atoms with van der Waals surface area (Å²) in [6.07, 6.45) is 0. The van der Waals surface area contributed by atoms with Gasteiger partial charge in [0.1, 0.15) is 0 Å². The fourth-order valence-corrected chi connectivity index (χ4v) is 2.84. The average molecular weight is 313 g/mol. The van der Waals surface area contributed by atoms with Crippen LogP contribution in [-0.4, -0.2) is 5.91 Å². The second kappa shape index (κ2) is 5.74. The molecule has 0 aliphatic carbocycles. The molecular weight excluding hydrogens is 303 g/mol. The van der Waals surface area contributed by atoms with Gasteiger partial charge in [-0.3, -0.25) is 4.79 Å². The van der Waals surface area contributed by atoms with Gasteiger partial charge in [-0.15, -0.1) is 0 Å². The molecule has 2 rings (SSSR count). The molecule has 3 nitrogen and oxygen atoms in total. The molecule has 98 valence electrons. The van der Waals surface area contributed by atoms with Crippen LogP contribution in [0.5, 0.6) is 0 Å². The van der Waals surface area contributed by atoms with Crippen molar-refractivity contribution in [1.29, 1.82) is 0 Å². The Morgan fingerprint density at radius 1 is 1.05 bits per heavy atom. The fourth-order valence-electron chi connectivity index (χ4n) is 1.47. The molecule has 0 unspecified atom stereocenters. The van der Waals surface area contributed by atoms with Crippen molar-refractivity contribution in [3.63, 3.8) is 0 Å². The van der Waals surface area contributed by atoms with Crippen LogP contribution in [0.1, 0.15) is 10.4 Å². The fraction of sp³-hybridized carbons (Fsp3) is 0. The van der Waals surface area contributed by atoms with Crippen LogP contribution in [0.2, 0.25) is 10.0 Å². The van der Waals surface area contributed by atoms with Gasteiger partial charge in [-0.1, -0.05) is 35.0 Å². The number of hydrogen-bond donors (Lipinski definition) is 2. The minimum Gasteiger partial charge on any atom is -0.398 e. The van der Waals surface area contributed by atoms with Crippen molar-refractivity contribution in [2.45, 2.75) is 9.79 Å². The molecule has 0 radical (unpaired) electrons. The molecule has 19 heavy (non-hydrogen) atoms. The molecule has 0 atom stereocenters. The van der Waals surface area contributed by atoms with E-state index in [0.717, 1.165) is 9.79 Å². The molecule has 0 bridgehead atoms. The quantitative estimate of drug-likeness (QED) is 0.846. The molecule has 2 aromatic rings. The lowest BCUT2D eigenvalue weighted by Crippen LogP contribution is -2.11. The molecule has 0 fully saturated rings. The number of carbonyl (C=O) groups is 1. The standard InChI is InChI=1S/C13H10Cl2N2OS/c14-8-2-3-9(15)12(6-8)19-11-4-1-7(13(17)18)5-10(11)16/h1-6H,16H2,(H2,17,18). The van der Waals surface area contributed by atoms with E-state index in [4.69, 9.17) is 34.7 Å². The highest BCUT2D eigenvalue weighted by Crippen LogP contribution is 2.37. The number of halogens is 2. The number of carbonyl (C=O) groups excluding carboxylic acids is 1. The van der Waals surface area contributed by atoms with E-state index in [1.54, 1.807) is 36.4 Å². The number of primary amides is 1. The number of benzene rings is 2. The Morgan fingerprint density at radius 3 is 2.42 bits per heavy atom. The molecule has 4 N–H and O–H groups in total. The number of rotatable bonds is 3. The summed E-state index contributed by atoms with van der Waals surface area (Å²) in [6, 6.07) is 10.1. The summed E-state index contributed by atoms with van der Waals surface area (Å²) < 4.78 is 0. The van der Waals surface area contributed by atoms with Gasteiger partial charge in [0.15, 0.2) is 0 Å². The van der Waals surface area contributed by atoms with Crippen LogP contribution in [-0.2, 0) is 0 Å². The third-order valence-corrected chi connectivity index (χ3v) is 4.23. The average Bonchev–Trinajstić information content (AvgIpc) is 2.36. The minimum absolute atomic E-state index is 0.374. The van der Waals surface area contributed by atoms with Crippen LogP contribution < -0.4 is 11.5 Å². The van der Waals surface area contributed by atoms with Crippen molar-refractivity contribution in [3.05, 3.63) is 52.0 Å². The summed E-state index contributed by atoms with van der Waals surface area (Å²) in [5.41, 5.74) is 11.9. The predicted octanol–water partition coefficient (Wildman–Crippen LogP) is 3.83. The predicted molar refractivity (Wildman–Crippen MR) is 80.0 cm³/mol. The lowest BCUT2D eigenvalue weighted by atomic mass is 10.2. The summed E-state index contributed by atoms with van der Waals surface area (Å²) in [4.78, 5) is 12.6. The molecule has 0 aliphatic rings. The van der Waals surface area contributed by atoms with Crippen molar-refractivity contribution in [2.75, 3.05) is 5.73 Å². The normalized spacial score (nSPS) is 10.4. The first kappa shape index (κ1) is 14.1. The highest BCUT2D eigenvalue weighted by molar-refractivity contribution is 7.99. The maximum absolute atomic E-state index is 11.0. The molecular formula is C13H10Cl2N2OS. The van der Waals surface area contributed by atoms with Crippen LogP contribution in [0.3, 0.4) is 0 Å². The van der Waals surface area contributed by atoms with Crippen LogP contribution in [0, 0.1) is 0 Å². The zero-order valence-corrected chi connectivity index (χ0v) is 12.0. The Labute approximate surface area is 124 Å². The summed E-state index contributed by atoms with van der Waals surface area (Å²) in [6.45, 7) is 0. The maximum Gasteiger partial charge on any atom is 0.248 e. The monoisotopic (exact) mass is 312 g/mol. The first-order chi connectivity index (χ1) is 8.97. The maximum atomic E-state index is 11.0. The first-order valence-electron chi connectivity index (χ1n) is 5.29. The van der Waals surface area contributed by atoms with Gasteiger partial charge in [0.2, 0.25) is 5.91 Å². The van der Waals surface area contributed by atoms with Crippen LogP contribution in [0.15, 0.2) is 46.2 Å². The van der Waals surface area contributed by atoms with Crippen LogP contribution in [0.4, 0.5) is 5.69 Å². The van der Waals surface area contributed by atoms with E-state index in [-0.39, 0.29) is 0 Å². The second-order valence-corrected chi connectivity index (χ2v) is 5.72. The van der Waals surface area contributed by atoms with Gasteiger partial charge in [0.05, 0.1) is 5.02 Å². The van der Waals surface area contributed by atoms with Crippen LogP contribution in [0.25, 0.3) is 0 Å². The number of hydrogen-bond acceptors (Lipinski definition) is 3. The van der Waals surface area contributed by atoms with Gasteiger partial charge in [-0.25, -0.2) is 0 Å². The van der Waals surface area contributed by atoms with E-state index in [1.165, 1.54) is 11.8 Å². The van der Waals surface area contributed by atoms with Gasteiger partial charge in [-0.05, 0) is 36.4 Å². The van der Waals surface area contributed by atoms with Crippen molar-refractivity contribution in [2.24, 2.45) is 5.73 Å². The van der Waals surface area contributed by atoms with E-state index in [9.17, 15) is 4.79 Å². The topological polar surface area (TPSA) is 69.1 Å². The van der Waals surface area contributed by atoms with E-state index < -0.39 is 5.91 Å². The zero-order valence-electron chi connectivity index (χ0n) is 9.69. The Balaban J connectivity index is 2.33. The first-order valence-corrected chi connectivity index (χ1v) is 6.87. The van der Waals surface area contributed by atoms with Crippen molar-refractivity contribution in [1.82, 2.24) is 0 Å². The van der Waals surface area contributed by atoms with E-state index in [0.29, 0.717) is 21.3 Å². The largest absolute Gasteiger partial charge is 0.398 e. The highest BCUT2D eigenvalue weighted by atomic mass is 35.5. The van der Waals surface area contributed by atoms with Gasteiger partial charge in [-0.2, -0.15) is 0 Å². The Kier molecular flexibility index (Phi) is 4.24. The lowest BCUT2D eigenvalue weighted by Gasteiger charge is -2.08. The Bertz CT molecular complexity index is 647. The van der Waals surface area contributed by atoms with Crippen LogP contribution >= 0.6 is 35.0 Å². The third kappa shape index (κ3) is 3.35. The molecule has 0 aliphatic heterocycles. The molecule has 0 aromatic heterocycles. The Morgan fingerprint density at radius 2 is 1.79 bits per heavy atom. The lowest BCUT2D eigenvalue weighted by molar-refractivity contribution is 0.100. The second-order valence-electron chi connectivity index (χ2n) is 3.79. The Hall–Kier alpha value is -1.36. The van der Waals surface area contributed by atoms with Gasteiger partial charge >= 0.3 is 0 Å². The summed E-state index contributed by atoms with van der Waals surface area (Å²) >= 11 is 13.4. The molecule has 0 heterocycles. The van der Waals surface area contributed by atoms with E-state index >= 15 is 0 Å². The summed E-state index contributed by atoms with van der Waals surface area (Å²) in [7, 11) is 0. The molecule has 0 saturated heterocycles. The molecule has 0 spiro atoms. The summed E-state index contributed by atoms with van der Waals surface area (Å²) in [5, 5.41) is 1.19. The molecule has 0 saturated carbocycles. The third-order valence-electron chi connectivity index (χ3n) is 2.41. The van der Waals surface area contributed by atoms with Crippen molar-refractivity contribution in [3.8, 4) is 0 Å². The van der Waals surface area contributed by atoms with Crippen molar-refractivity contribution < 1.29 is 4.79 Å². The molecule has 1 amide bonds. The zero-order chi connectivity index (χ0) is 14.0. The van der Waals surface area contributed by atoms with Gasteiger partial charge in [0.25, 0.3) is 0 Å². The number of nitrogen functional groups attached to an aromatic ring is 1. The summed E-state index contributed by atoms with van der Waals surface area (Å²) in [5.74, 6) is -0.510. The smallest absolute Gasteiger partial charge is 0.248 e. The van der Waals surface area contributed by atoms with E-state index in [2.05, 4.69) is 0 Å². The number of anilines is 1.